The summed E-state index contributed by atoms with van der Waals surface area (Å²) < 4.78 is 5.14. The molecule has 1 atom stereocenters. The molecular formula is C13H20ClNO. The molecule has 0 radical (unpaired) electrons. The van der Waals surface area contributed by atoms with Crippen LogP contribution in [0.2, 0.25) is 5.02 Å². The van der Waals surface area contributed by atoms with Crippen LogP contribution >= 0.6 is 11.6 Å². The molecule has 1 N–H and O–H groups in total. The van der Waals surface area contributed by atoms with E-state index in [1.165, 1.54) is 12.8 Å². The van der Waals surface area contributed by atoms with Gasteiger partial charge in [-0.25, -0.2) is 0 Å². The van der Waals surface area contributed by atoms with E-state index in [1.807, 2.05) is 25.2 Å². The van der Waals surface area contributed by atoms with Crippen molar-refractivity contribution in [1.29, 1.82) is 0 Å². The summed E-state index contributed by atoms with van der Waals surface area (Å²) in [6.07, 6.45) is 3.51. The zero-order valence-electron chi connectivity index (χ0n) is 10.2. The fraction of sp³-hybridized carbons (Fsp3) is 0.538. The Morgan fingerprint density at radius 2 is 2.19 bits per heavy atom. The number of hydrogen-bond donors (Lipinski definition) is 1. The Bertz CT molecular complexity index is 328. The predicted molar refractivity (Wildman–Crippen MR) is 69.3 cm³/mol. The lowest BCUT2D eigenvalue weighted by molar-refractivity contribution is 0.414. The molecule has 0 fully saturated rings. The summed E-state index contributed by atoms with van der Waals surface area (Å²) in [5, 5.41) is 4.08. The Morgan fingerprint density at radius 3 is 2.69 bits per heavy atom. The minimum atomic E-state index is 0.332. The molecule has 1 rings (SSSR count). The SMILES string of the molecule is CCCCC(NC)c1ccc(OC)cc1Cl. The van der Waals surface area contributed by atoms with Crippen molar-refractivity contribution in [3.8, 4) is 5.75 Å². The van der Waals surface area contributed by atoms with Gasteiger partial charge in [0, 0.05) is 11.1 Å². The van der Waals surface area contributed by atoms with Gasteiger partial charge < -0.3 is 10.1 Å². The van der Waals surface area contributed by atoms with E-state index in [0.717, 1.165) is 22.8 Å². The highest BCUT2D eigenvalue weighted by atomic mass is 35.5. The van der Waals surface area contributed by atoms with E-state index in [-0.39, 0.29) is 0 Å². The van der Waals surface area contributed by atoms with Gasteiger partial charge in [0.1, 0.15) is 5.75 Å². The van der Waals surface area contributed by atoms with Gasteiger partial charge in [0.2, 0.25) is 0 Å². The van der Waals surface area contributed by atoms with E-state index < -0.39 is 0 Å². The summed E-state index contributed by atoms with van der Waals surface area (Å²) in [4.78, 5) is 0. The van der Waals surface area contributed by atoms with Gasteiger partial charge in [-0.05, 0) is 31.2 Å². The van der Waals surface area contributed by atoms with Gasteiger partial charge in [0.15, 0.2) is 0 Å². The maximum Gasteiger partial charge on any atom is 0.120 e. The molecule has 0 bridgehead atoms. The summed E-state index contributed by atoms with van der Waals surface area (Å²) >= 11 is 6.24. The standard InChI is InChI=1S/C13H20ClNO/c1-4-5-6-13(15-2)11-8-7-10(16-3)9-12(11)14/h7-9,13,15H,4-6H2,1-3H3. The second kappa shape index (κ2) is 6.77. The molecular weight excluding hydrogens is 222 g/mol. The summed E-state index contributed by atoms with van der Waals surface area (Å²) in [6, 6.07) is 6.20. The second-order valence-corrected chi connectivity index (χ2v) is 4.28. The monoisotopic (exact) mass is 241 g/mol. The Hall–Kier alpha value is -0.730. The number of benzene rings is 1. The third kappa shape index (κ3) is 3.39. The predicted octanol–water partition coefficient (Wildman–Crippen LogP) is 3.80. The van der Waals surface area contributed by atoms with E-state index in [1.54, 1.807) is 7.11 Å². The number of hydrogen-bond acceptors (Lipinski definition) is 2. The molecule has 0 heterocycles. The molecule has 0 aliphatic rings. The molecule has 16 heavy (non-hydrogen) atoms. The average molecular weight is 242 g/mol. The van der Waals surface area contributed by atoms with Crippen LogP contribution in [0, 0.1) is 0 Å². The van der Waals surface area contributed by atoms with Crippen molar-refractivity contribution in [2.45, 2.75) is 32.2 Å². The minimum absolute atomic E-state index is 0.332. The van der Waals surface area contributed by atoms with Crippen molar-refractivity contribution in [2.24, 2.45) is 0 Å². The highest BCUT2D eigenvalue weighted by molar-refractivity contribution is 6.31. The molecule has 0 saturated heterocycles. The molecule has 1 aromatic carbocycles. The number of halogens is 1. The van der Waals surface area contributed by atoms with Crippen LogP contribution in [0.15, 0.2) is 18.2 Å². The third-order valence-electron chi connectivity index (χ3n) is 2.78. The highest BCUT2D eigenvalue weighted by Crippen LogP contribution is 2.29. The van der Waals surface area contributed by atoms with Crippen LogP contribution in [0.5, 0.6) is 5.75 Å². The van der Waals surface area contributed by atoms with Gasteiger partial charge in [0.05, 0.1) is 7.11 Å². The van der Waals surface area contributed by atoms with Crippen molar-refractivity contribution in [1.82, 2.24) is 5.32 Å². The lowest BCUT2D eigenvalue weighted by Crippen LogP contribution is -2.16. The number of nitrogens with one attached hydrogen (secondary N) is 1. The molecule has 3 heteroatoms. The van der Waals surface area contributed by atoms with Crippen LogP contribution in [-0.2, 0) is 0 Å². The normalized spacial score (nSPS) is 12.5. The maximum atomic E-state index is 6.24. The Morgan fingerprint density at radius 1 is 1.44 bits per heavy atom. The zero-order valence-corrected chi connectivity index (χ0v) is 11.0. The molecule has 0 amide bonds. The summed E-state index contributed by atoms with van der Waals surface area (Å²) in [7, 11) is 3.62. The van der Waals surface area contributed by atoms with Crippen LogP contribution in [0.3, 0.4) is 0 Å². The van der Waals surface area contributed by atoms with Gasteiger partial charge >= 0.3 is 0 Å². The van der Waals surface area contributed by atoms with Gasteiger partial charge in [-0.3, -0.25) is 0 Å². The average Bonchev–Trinajstić information content (AvgIpc) is 2.31. The molecule has 0 saturated carbocycles. The summed E-state index contributed by atoms with van der Waals surface area (Å²) in [5.41, 5.74) is 1.15. The van der Waals surface area contributed by atoms with Gasteiger partial charge in [-0.1, -0.05) is 37.4 Å². The first-order valence-electron chi connectivity index (χ1n) is 5.73. The first kappa shape index (κ1) is 13.3. The van der Waals surface area contributed by atoms with Crippen LogP contribution in [-0.4, -0.2) is 14.2 Å². The molecule has 90 valence electrons. The topological polar surface area (TPSA) is 21.3 Å². The van der Waals surface area contributed by atoms with Gasteiger partial charge in [0.25, 0.3) is 0 Å². The quantitative estimate of drug-likeness (QED) is 0.818. The van der Waals surface area contributed by atoms with Gasteiger partial charge in [-0.15, -0.1) is 0 Å². The van der Waals surface area contributed by atoms with Gasteiger partial charge in [-0.2, -0.15) is 0 Å². The van der Waals surface area contributed by atoms with Crippen LogP contribution in [0.25, 0.3) is 0 Å². The lowest BCUT2D eigenvalue weighted by atomic mass is 10.0. The zero-order chi connectivity index (χ0) is 12.0. The largest absolute Gasteiger partial charge is 0.497 e. The first-order chi connectivity index (χ1) is 7.72. The number of rotatable bonds is 6. The van der Waals surface area contributed by atoms with E-state index in [0.29, 0.717) is 6.04 Å². The van der Waals surface area contributed by atoms with E-state index >= 15 is 0 Å². The van der Waals surface area contributed by atoms with E-state index in [4.69, 9.17) is 16.3 Å². The summed E-state index contributed by atoms with van der Waals surface area (Å²) in [5.74, 6) is 0.805. The Balaban J connectivity index is 2.83. The molecule has 0 aromatic heterocycles. The molecule has 2 nitrogen and oxygen atoms in total. The van der Waals surface area contributed by atoms with Crippen LogP contribution in [0.1, 0.15) is 37.8 Å². The minimum Gasteiger partial charge on any atom is -0.497 e. The number of ether oxygens (including phenoxy) is 1. The number of methoxy groups -OCH3 is 1. The molecule has 0 aliphatic carbocycles. The van der Waals surface area contributed by atoms with Crippen molar-refractivity contribution >= 4 is 11.6 Å². The number of unbranched alkanes of at least 4 members (excludes halogenated alkanes) is 1. The smallest absolute Gasteiger partial charge is 0.120 e. The highest BCUT2D eigenvalue weighted by Gasteiger charge is 2.12. The van der Waals surface area contributed by atoms with Crippen molar-refractivity contribution in [3.63, 3.8) is 0 Å². The van der Waals surface area contributed by atoms with Crippen molar-refractivity contribution < 1.29 is 4.74 Å². The Kier molecular flexibility index (Phi) is 5.64. The van der Waals surface area contributed by atoms with E-state index in [2.05, 4.69) is 12.2 Å². The van der Waals surface area contributed by atoms with Crippen LogP contribution < -0.4 is 10.1 Å². The lowest BCUT2D eigenvalue weighted by Gasteiger charge is -2.18. The first-order valence-corrected chi connectivity index (χ1v) is 6.11. The molecule has 0 spiro atoms. The van der Waals surface area contributed by atoms with Crippen molar-refractivity contribution in [2.75, 3.05) is 14.2 Å². The maximum absolute atomic E-state index is 6.24. The molecule has 1 unspecified atom stereocenters. The van der Waals surface area contributed by atoms with Crippen LogP contribution in [0.4, 0.5) is 0 Å². The third-order valence-corrected chi connectivity index (χ3v) is 3.11. The van der Waals surface area contributed by atoms with Crippen molar-refractivity contribution in [3.05, 3.63) is 28.8 Å². The molecule has 0 aliphatic heterocycles. The molecule has 1 aromatic rings. The Labute approximate surface area is 103 Å². The fourth-order valence-electron chi connectivity index (χ4n) is 1.78. The fourth-order valence-corrected chi connectivity index (χ4v) is 2.08. The second-order valence-electron chi connectivity index (χ2n) is 3.87. The summed E-state index contributed by atoms with van der Waals surface area (Å²) in [6.45, 7) is 2.20. The van der Waals surface area contributed by atoms with E-state index in [9.17, 15) is 0 Å².